The zero-order valence-electron chi connectivity index (χ0n) is 8.10. The second-order valence-corrected chi connectivity index (χ2v) is 4.32. The minimum atomic E-state index is -0.0890. The van der Waals surface area contributed by atoms with Crippen LogP contribution in [0.2, 0.25) is 0 Å². The maximum Gasteiger partial charge on any atom is 0.139 e. The van der Waals surface area contributed by atoms with Crippen LogP contribution in [0.4, 0.5) is 0 Å². The predicted molar refractivity (Wildman–Crippen MR) is 50.9 cm³/mol. The van der Waals surface area contributed by atoms with E-state index in [4.69, 9.17) is 0 Å². The van der Waals surface area contributed by atoms with Crippen LogP contribution in [0, 0.1) is 11.3 Å². The van der Waals surface area contributed by atoms with Crippen molar-refractivity contribution in [2.75, 3.05) is 0 Å². The Morgan fingerprint density at radius 1 is 1.75 bits per heavy atom. The van der Waals surface area contributed by atoms with E-state index < -0.39 is 0 Å². The quantitative estimate of drug-likeness (QED) is 0.576. The SMILES string of the molecule is C=CCC1(C)CCC(C)CC1=O. The molecule has 0 spiro atoms. The molecule has 1 saturated carbocycles. The van der Waals surface area contributed by atoms with Crippen molar-refractivity contribution >= 4 is 5.78 Å². The smallest absolute Gasteiger partial charge is 0.139 e. The molecule has 0 aliphatic heterocycles. The molecule has 1 rings (SSSR count). The van der Waals surface area contributed by atoms with Crippen LogP contribution >= 0.6 is 0 Å². The van der Waals surface area contributed by atoms with Crippen LogP contribution in [0.3, 0.4) is 0 Å². The summed E-state index contributed by atoms with van der Waals surface area (Å²) in [6.45, 7) is 7.93. The molecule has 1 fully saturated rings. The number of ketones is 1. The second kappa shape index (κ2) is 3.42. The number of hydrogen-bond acceptors (Lipinski definition) is 1. The fraction of sp³-hybridized carbons (Fsp3) is 0.727. The number of allylic oxidation sites excluding steroid dienone is 1. The third kappa shape index (κ3) is 1.77. The zero-order valence-corrected chi connectivity index (χ0v) is 8.10. The standard InChI is InChI=1S/C11H18O/c1-4-6-11(3)7-5-9(2)8-10(11)12/h4,9H,1,5-8H2,2-3H3. The van der Waals surface area contributed by atoms with Crippen LogP contribution in [0.15, 0.2) is 12.7 Å². The first kappa shape index (κ1) is 9.50. The van der Waals surface area contributed by atoms with E-state index in [1.807, 2.05) is 6.08 Å². The van der Waals surface area contributed by atoms with Gasteiger partial charge in [-0.25, -0.2) is 0 Å². The van der Waals surface area contributed by atoms with E-state index in [9.17, 15) is 4.79 Å². The van der Waals surface area contributed by atoms with Crippen molar-refractivity contribution in [1.29, 1.82) is 0 Å². The largest absolute Gasteiger partial charge is 0.299 e. The summed E-state index contributed by atoms with van der Waals surface area (Å²) in [6.07, 6.45) is 5.71. The number of Topliss-reactive ketones (excluding diaryl/α,β-unsaturated/α-hetero) is 1. The topological polar surface area (TPSA) is 17.1 Å². The van der Waals surface area contributed by atoms with Crippen molar-refractivity contribution in [3.05, 3.63) is 12.7 Å². The maximum absolute atomic E-state index is 11.7. The van der Waals surface area contributed by atoms with Gasteiger partial charge in [0.15, 0.2) is 0 Å². The number of hydrogen-bond donors (Lipinski definition) is 0. The van der Waals surface area contributed by atoms with Gasteiger partial charge in [-0.2, -0.15) is 0 Å². The Morgan fingerprint density at radius 2 is 2.42 bits per heavy atom. The van der Waals surface area contributed by atoms with Gasteiger partial charge < -0.3 is 0 Å². The third-order valence-corrected chi connectivity index (χ3v) is 2.99. The van der Waals surface area contributed by atoms with Gasteiger partial charge in [0, 0.05) is 11.8 Å². The van der Waals surface area contributed by atoms with Crippen LogP contribution in [-0.4, -0.2) is 5.78 Å². The molecule has 0 heterocycles. The highest BCUT2D eigenvalue weighted by atomic mass is 16.1. The van der Waals surface area contributed by atoms with Crippen molar-refractivity contribution in [2.45, 2.75) is 39.5 Å². The second-order valence-electron chi connectivity index (χ2n) is 4.32. The lowest BCUT2D eigenvalue weighted by Gasteiger charge is -2.33. The molecule has 1 aliphatic carbocycles. The van der Waals surface area contributed by atoms with Gasteiger partial charge >= 0.3 is 0 Å². The Bertz CT molecular complexity index is 195. The fourth-order valence-electron chi connectivity index (χ4n) is 1.90. The van der Waals surface area contributed by atoms with E-state index in [1.165, 1.54) is 6.42 Å². The molecule has 1 aliphatic rings. The third-order valence-electron chi connectivity index (χ3n) is 2.99. The van der Waals surface area contributed by atoms with Gasteiger partial charge in [-0.15, -0.1) is 6.58 Å². The molecule has 0 aromatic heterocycles. The van der Waals surface area contributed by atoms with Crippen molar-refractivity contribution in [3.63, 3.8) is 0 Å². The van der Waals surface area contributed by atoms with E-state index in [0.717, 1.165) is 19.3 Å². The molecule has 2 unspecified atom stereocenters. The minimum Gasteiger partial charge on any atom is -0.299 e. The summed E-state index contributed by atoms with van der Waals surface area (Å²) >= 11 is 0. The molecule has 0 radical (unpaired) electrons. The highest BCUT2D eigenvalue weighted by molar-refractivity contribution is 5.85. The van der Waals surface area contributed by atoms with Crippen LogP contribution in [0.5, 0.6) is 0 Å². The summed E-state index contributed by atoms with van der Waals surface area (Å²) in [5, 5.41) is 0. The molecule has 0 bridgehead atoms. The molecule has 0 N–H and O–H groups in total. The Kier molecular flexibility index (Phi) is 2.71. The van der Waals surface area contributed by atoms with Gasteiger partial charge in [0.05, 0.1) is 0 Å². The highest BCUT2D eigenvalue weighted by Crippen LogP contribution is 2.38. The monoisotopic (exact) mass is 166 g/mol. The summed E-state index contributed by atoms with van der Waals surface area (Å²) in [6, 6.07) is 0. The lowest BCUT2D eigenvalue weighted by Crippen LogP contribution is -2.33. The molecule has 1 heteroatoms. The van der Waals surface area contributed by atoms with Gasteiger partial charge in [0.1, 0.15) is 5.78 Å². The first-order valence-electron chi connectivity index (χ1n) is 4.73. The molecule has 0 aromatic carbocycles. The first-order valence-corrected chi connectivity index (χ1v) is 4.73. The van der Waals surface area contributed by atoms with Crippen molar-refractivity contribution in [1.82, 2.24) is 0 Å². The molecular formula is C11H18O. The molecule has 0 amide bonds. The molecule has 0 saturated heterocycles. The van der Waals surface area contributed by atoms with Crippen LogP contribution in [0.25, 0.3) is 0 Å². The Hall–Kier alpha value is -0.590. The Balaban J connectivity index is 2.65. The first-order chi connectivity index (χ1) is 5.58. The molecule has 12 heavy (non-hydrogen) atoms. The van der Waals surface area contributed by atoms with Gasteiger partial charge in [-0.1, -0.05) is 19.9 Å². The van der Waals surface area contributed by atoms with Crippen LogP contribution in [-0.2, 0) is 4.79 Å². The molecule has 0 aromatic rings. The Labute approximate surface area is 74.9 Å². The molecule has 68 valence electrons. The average Bonchev–Trinajstić information content (AvgIpc) is 1.99. The van der Waals surface area contributed by atoms with E-state index in [0.29, 0.717) is 11.7 Å². The van der Waals surface area contributed by atoms with Crippen molar-refractivity contribution < 1.29 is 4.79 Å². The van der Waals surface area contributed by atoms with Crippen LogP contribution in [0.1, 0.15) is 39.5 Å². The summed E-state index contributed by atoms with van der Waals surface area (Å²) in [5.41, 5.74) is -0.0890. The number of carbonyl (C=O) groups excluding carboxylic acids is 1. The number of carbonyl (C=O) groups is 1. The Morgan fingerprint density at radius 3 is 2.92 bits per heavy atom. The number of rotatable bonds is 2. The van der Waals surface area contributed by atoms with E-state index in [1.54, 1.807) is 0 Å². The highest BCUT2D eigenvalue weighted by Gasteiger charge is 2.35. The fourth-order valence-corrected chi connectivity index (χ4v) is 1.90. The summed E-state index contributed by atoms with van der Waals surface area (Å²) in [5.74, 6) is 1.02. The lowest BCUT2D eigenvalue weighted by atomic mass is 9.69. The average molecular weight is 166 g/mol. The summed E-state index contributed by atoms with van der Waals surface area (Å²) < 4.78 is 0. The predicted octanol–water partition coefficient (Wildman–Crippen LogP) is 2.96. The molecule has 1 nitrogen and oxygen atoms in total. The van der Waals surface area contributed by atoms with E-state index in [2.05, 4.69) is 20.4 Å². The van der Waals surface area contributed by atoms with Crippen molar-refractivity contribution in [3.8, 4) is 0 Å². The van der Waals surface area contributed by atoms with Crippen molar-refractivity contribution in [2.24, 2.45) is 11.3 Å². The van der Waals surface area contributed by atoms with Gasteiger partial charge in [-0.3, -0.25) is 4.79 Å². The minimum absolute atomic E-state index is 0.0890. The lowest BCUT2D eigenvalue weighted by molar-refractivity contribution is -0.131. The van der Waals surface area contributed by atoms with Gasteiger partial charge in [0.25, 0.3) is 0 Å². The van der Waals surface area contributed by atoms with E-state index in [-0.39, 0.29) is 5.41 Å². The summed E-state index contributed by atoms with van der Waals surface area (Å²) in [7, 11) is 0. The van der Waals surface area contributed by atoms with Gasteiger partial charge in [0.2, 0.25) is 0 Å². The normalized spacial score (nSPS) is 36.5. The maximum atomic E-state index is 11.7. The van der Waals surface area contributed by atoms with Gasteiger partial charge in [-0.05, 0) is 25.2 Å². The summed E-state index contributed by atoms with van der Waals surface area (Å²) in [4.78, 5) is 11.7. The zero-order chi connectivity index (χ0) is 9.19. The molecule has 2 atom stereocenters. The van der Waals surface area contributed by atoms with E-state index >= 15 is 0 Å². The van der Waals surface area contributed by atoms with Crippen LogP contribution < -0.4 is 0 Å². The molecular weight excluding hydrogens is 148 g/mol.